The van der Waals surface area contributed by atoms with Crippen LogP contribution in [0.3, 0.4) is 0 Å². The third-order valence-corrected chi connectivity index (χ3v) is 5.72. The van der Waals surface area contributed by atoms with Gasteiger partial charge >= 0.3 is 115 Å². The van der Waals surface area contributed by atoms with Gasteiger partial charge in [0.1, 0.15) is 0 Å². The topological polar surface area (TPSA) is 32.3 Å². The molecule has 1 aromatic rings. The molecule has 1 rings (SSSR count). The number of rotatable bonds is 7. The molecule has 0 fully saturated rings. The van der Waals surface area contributed by atoms with Crippen LogP contribution >= 0.6 is 0 Å². The molecule has 0 aliphatic heterocycles. The molecule has 0 aliphatic rings. The number of nitrogens with one attached hydrogen (secondary N) is 1. The van der Waals surface area contributed by atoms with E-state index in [1.807, 2.05) is 6.07 Å². The summed E-state index contributed by atoms with van der Waals surface area (Å²) < 4.78 is 1.80. The number of hydrogen-bond acceptors (Lipinski definition) is 2. The molecule has 2 nitrogen and oxygen atoms in total. The monoisotopic (exact) mass is 348 g/mol. The molecule has 0 heterocycles. The van der Waals surface area contributed by atoms with Gasteiger partial charge in [0.2, 0.25) is 0 Å². The zero-order valence-corrected chi connectivity index (χ0v) is 13.0. The van der Waals surface area contributed by atoms with Gasteiger partial charge in [-0.05, 0) is 0 Å². The Kier molecular flexibility index (Phi) is 7.08. The molecule has 2 N–H and O–H groups in total. The molecule has 3 heteroatoms. The average molecular weight is 348 g/mol. The van der Waals surface area contributed by atoms with Crippen LogP contribution in [0.4, 0.5) is 0 Å². The van der Waals surface area contributed by atoms with E-state index in [0.29, 0.717) is 16.4 Å². The third kappa shape index (κ3) is 6.38. The van der Waals surface area contributed by atoms with Crippen LogP contribution in [0.15, 0.2) is 30.3 Å². The fraction of sp³-hybridized carbons (Fsp3) is 0.571. The van der Waals surface area contributed by atoms with Crippen molar-refractivity contribution in [1.82, 2.24) is 5.32 Å². The molecule has 2 unspecified atom stereocenters. The summed E-state index contributed by atoms with van der Waals surface area (Å²) in [6.07, 6.45) is -0.221. The molecule has 0 bridgehead atoms. The quantitative estimate of drug-likeness (QED) is 0.487. The maximum atomic E-state index is 10.1. The summed E-state index contributed by atoms with van der Waals surface area (Å²) in [7, 11) is 0. The Bertz CT molecular complexity index is 302. The number of alkyl halides is 1. The van der Waals surface area contributed by atoms with Crippen molar-refractivity contribution in [3.8, 4) is 0 Å². The van der Waals surface area contributed by atoms with E-state index >= 15 is 0 Å². The van der Waals surface area contributed by atoms with Crippen LogP contribution in [-0.2, 0) is 0 Å². The van der Waals surface area contributed by atoms with E-state index in [1.165, 1.54) is 3.57 Å². The summed E-state index contributed by atoms with van der Waals surface area (Å²) >= 11 is -0.0998. The normalized spacial score (nSPS) is 15.1. The second-order valence-electron chi connectivity index (χ2n) is 4.70. The Balaban J connectivity index is 2.29. The molecule has 1 aromatic carbocycles. The molecular formula is C14H23INO-. The number of benzene rings is 1. The Morgan fingerprint density at radius 3 is 2.35 bits per heavy atom. The van der Waals surface area contributed by atoms with Crippen molar-refractivity contribution in [2.75, 3.05) is 13.1 Å². The average Bonchev–Trinajstić information content (AvgIpc) is 2.29. The fourth-order valence-electron chi connectivity index (χ4n) is 1.44. The Morgan fingerprint density at radius 1 is 1.12 bits per heavy atom. The molecule has 0 aliphatic carbocycles. The first kappa shape index (κ1) is 14.9. The van der Waals surface area contributed by atoms with Crippen molar-refractivity contribution in [2.24, 2.45) is 5.92 Å². The second kappa shape index (κ2) is 8.06. The van der Waals surface area contributed by atoms with Crippen LogP contribution in [0.1, 0.15) is 20.8 Å². The first-order chi connectivity index (χ1) is 8.09. The summed E-state index contributed by atoms with van der Waals surface area (Å²) in [6, 6.07) is 10.5. The number of hydrogen-bond donors (Lipinski definition) is 2. The molecule has 0 saturated heterocycles. The van der Waals surface area contributed by atoms with Gasteiger partial charge in [-0.2, -0.15) is 0 Å². The Labute approximate surface area is 115 Å². The molecule has 0 spiro atoms. The minimum atomic E-state index is -0.221. The van der Waals surface area contributed by atoms with E-state index in [-0.39, 0.29) is 27.3 Å². The van der Waals surface area contributed by atoms with Gasteiger partial charge in [0.25, 0.3) is 0 Å². The molecule has 98 valence electrons. The van der Waals surface area contributed by atoms with E-state index in [2.05, 4.69) is 50.4 Å². The van der Waals surface area contributed by atoms with Crippen molar-refractivity contribution in [2.45, 2.75) is 30.8 Å². The second-order valence-corrected chi connectivity index (χ2v) is 8.53. The van der Waals surface area contributed by atoms with E-state index in [9.17, 15) is 5.11 Å². The van der Waals surface area contributed by atoms with Crippen molar-refractivity contribution in [3.05, 3.63) is 33.9 Å². The first-order valence-corrected chi connectivity index (χ1v) is 8.49. The van der Waals surface area contributed by atoms with Crippen molar-refractivity contribution < 1.29 is 26.3 Å². The van der Waals surface area contributed by atoms with Gasteiger partial charge in [-0.1, -0.05) is 0 Å². The van der Waals surface area contributed by atoms with E-state index in [4.69, 9.17) is 0 Å². The van der Waals surface area contributed by atoms with Crippen LogP contribution in [0.2, 0.25) is 0 Å². The van der Waals surface area contributed by atoms with Crippen molar-refractivity contribution in [3.63, 3.8) is 0 Å². The molecule has 0 amide bonds. The SMILES string of the molecule is CC(C)CNCC(O)C(C)[I-]c1ccccc1. The molecule has 2 atom stereocenters. The van der Waals surface area contributed by atoms with Gasteiger partial charge in [0.05, 0.1) is 0 Å². The van der Waals surface area contributed by atoms with Gasteiger partial charge in [-0.25, -0.2) is 0 Å². The summed E-state index contributed by atoms with van der Waals surface area (Å²) in [4.78, 5) is 0. The molecule has 0 saturated carbocycles. The molecule has 0 radical (unpaired) electrons. The van der Waals surface area contributed by atoms with Gasteiger partial charge in [0, 0.05) is 0 Å². The van der Waals surface area contributed by atoms with Crippen LogP contribution in [0, 0.1) is 9.49 Å². The molecule has 0 aromatic heterocycles. The Hall–Kier alpha value is -0.130. The maximum absolute atomic E-state index is 10.1. The van der Waals surface area contributed by atoms with Gasteiger partial charge in [-0.15, -0.1) is 0 Å². The van der Waals surface area contributed by atoms with Crippen LogP contribution < -0.4 is 26.5 Å². The summed E-state index contributed by atoms with van der Waals surface area (Å²) in [5, 5.41) is 13.4. The van der Waals surface area contributed by atoms with Crippen LogP contribution in [-0.4, -0.2) is 28.2 Å². The third-order valence-electron chi connectivity index (χ3n) is 2.47. The number of aliphatic hydroxyl groups is 1. The van der Waals surface area contributed by atoms with Crippen LogP contribution in [0.5, 0.6) is 0 Å². The zero-order chi connectivity index (χ0) is 12.7. The summed E-state index contributed by atoms with van der Waals surface area (Å²) in [5.41, 5.74) is 0. The van der Waals surface area contributed by atoms with Crippen molar-refractivity contribution in [1.29, 1.82) is 0 Å². The zero-order valence-electron chi connectivity index (χ0n) is 10.9. The molecular weight excluding hydrogens is 325 g/mol. The van der Waals surface area contributed by atoms with Gasteiger partial charge in [0.15, 0.2) is 0 Å². The molecule has 17 heavy (non-hydrogen) atoms. The number of halogens is 1. The standard InChI is InChI=1S/C14H23INO/c1-11(2)9-16-10-14(17)12(3)15-13-7-5-4-6-8-13/h4-8,11-12,14,16-17H,9-10H2,1-3H3/q-1. The van der Waals surface area contributed by atoms with E-state index < -0.39 is 0 Å². The Morgan fingerprint density at radius 2 is 1.76 bits per heavy atom. The summed E-state index contributed by atoms with van der Waals surface area (Å²) in [5.74, 6) is 0.640. The van der Waals surface area contributed by atoms with Crippen molar-refractivity contribution >= 4 is 0 Å². The van der Waals surface area contributed by atoms with E-state index in [1.54, 1.807) is 0 Å². The number of aliphatic hydroxyl groups excluding tert-OH is 1. The minimum absolute atomic E-state index is 0.0998. The van der Waals surface area contributed by atoms with E-state index in [0.717, 1.165) is 6.54 Å². The van der Waals surface area contributed by atoms with Gasteiger partial charge in [-0.3, -0.25) is 0 Å². The fourth-order valence-corrected chi connectivity index (χ4v) is 4.08. The van der Waals surface area contributed by atoms with Crippen LogP contribution in [0.25, 0.3) is 0 Å². The van der Waals surface area contributed by atoms with Gasteiger partial charge < -0.3 is 0 Å². The predicted molar refractivity (Wildman–Crippen MR) is 68.3 cm³/mol. The first-order valence-electron chi connectivity index (χ1n) is 6.17. The predicted octanol–water partition coefficient (Wildman–Crippen LogP) is -1.06. The summed E-state index contributed by atoms with van der Waals surface area (Å²) in [6.45, 7) is 8.21.